The molecule has 1 aromatic carbocycles. The van der Waals surface area contributed by atoms with Gasteiger partial charge in [0.2, 0.25) is 0 Å². The predicted molar refractivity (Wildman–Crippen MR) is 61.6 cm³/mol. The Labute approximate surface area is 94.0 Å². The van der Waals surface area contributed by atoms with Crippen LogP contribution in [-0.2, 0) is 13.5 Å². The lowest BCUT2D eigenvalue weighted by molar-refractivity contribution is 0.0686. The Morgan fingerprint density at radius 2 is 1.88 bits per heavy atom. The normalized spacial score (nSPS) is 10.3. The summed E-state index contributed by atoms with van der Waals surface area (Å²) in [6, 6.07) is 13.5. The van der Waals surface area contributed by atoms with Crippen LogP contribution < -0.4 is 0 Å². The monoisotopic (exact) mass is 215 g/mol. The Morgan fingerprint density at radius 3 is 2.44 bits per heavy atom. The third-order valence-corrected chi connectivity index (χ3v) is 2.67. The van der Waals surface area contributed by atoms with Crippen molar-refractivity contribution in [3.63, 3.8) is 0 Å². The highest BCUT2D eigenvalue weighted by Gasteiger charge is 2.10. The quantitative estimate of drug-likeness (QED) is 0.853. The first-order valence-electron chi connectivity index (χ1n) is 5.10. The Balaban J connectivity index is 2.26. The zero-order valence-electron chi connectivity index (χ0n) is 9.05. The zero-order valence-corrected chi connectivity index (χ0v) is 9.05. The first-order valence-corrected chi connectivity index (χ1v) is 5.10. The van der Waals surface area contributed by atoms with Gasteiger partial charge in [0, 0.05) is 19.2 Å². The van der Waals surface area contributed by atoms with E-state index >= 15 is 0 Å². The number of carbonyl (C=O) groups is 1. The summed E-state index contributed by atoms with van der Waals surface area (Å²) in [6.45, 7) is 0. The van der Waals surface area contributed by atoms with E-state index in [4.69, 9.17) is 5.11 Å². The van der Waals surface area contributed by atoms with Gasteiger partial charge < -0.3 is 9.67 Å². The van der Waals surface area contributed by atoms with E-state index in [9.17, 15) is 4.79 Å². The molecule has 0 bridgehead atoms. The second-order valence-electron chi connectivity index (χ2n) is 3.74. The average molecular weight is 215 g/mol. The number of carboxylic acids is 1. The Morgan fingerprint density at radius 1 is 1.19 bits per heavy atom. The van der Waals surface area contributed by atoms with Crippen LogP contribution in [0.1, 0.15) is 21.7 Å². The number of rotatable bonds is 3. The second-order valence-corrected chi connectivity index (χ2v) is 3.74. The number of carboxylic acid groups (broad SMARTS) is 1. The highest BCUT2D eigenvalue weighted by Crippen LogP contribution is 2.12. The van der Waals surface area contributed by atoms with Crippen LogP contribution in [0, 0.1) is 0 Å². The smallest absolute Gasteiger partial charge is 0.352 e. The van der Waals surface area contributed by atoms with Gasteiger partial charge in [-0.05, 0) is 17.7 Å². The SMILES string of the molecule is Cn1c(Cc2ccccc2)ccc1C(=O)O. The van der Waals surface area contributed by atoms with Gasteiger partial charge in [0.25, 0.3) is 0 Å². The first kappa shape index (κ1) is 10.5. The summed E-state index contributed by atoms with van der Waals surface area (Å²) in [5, 5.41) is 8.92. The number of aromatic nitrogens is 1. The van der Waals surface area contributed by atoms with Crippen molar-refractivity contribution in [3.05, 3.63) is 59.4 Å². The molecule has 2 rings (SSSR count). The Kier molecular flexibility index (Phi) is 2.77. The molecule has 0 radical (unpaired) electrons. The maximum Gasteiger partial charge on any atom is 0.352 e. The fourth-order valence-electron chi connectivity index (χ4n) is 1.75. The van der Waals surface area contributed by atoms with Gasteiger partial charge >= 0.3 is 5.97 Å². The minimum Gasteiger partial charge on any atom is -0.477 e. The van der Waals surface area contributed by atoms with Gasteiger partial charge in [0.05, 0.1) is 0 Å². The van der Waals surface area contributed by atoms with Crippen molar-refractivity contribution < 1.29 is 9.90 Å². The Hall–Kier alpha value is -2.03. The van der Waals surface area contributed by atoms with Crippen LogP contribution in [0.2, 0.25) is 0 Å². The molecular formula is C13H13NO2. The molecule has 82 valence electrons. The maximum absolute atomic E-state index is 10.9. The van der Waals surface area contributed by atoms with Gasteiger partial charge in [-0.1, -0.05) is 30.3 Å². The van der Waals surface area contributed by atoms with Gasteiger partial charge in [0.15, 0.2) is 0 Å². The van der Waals surface area contributed by atoms with Gasteiger partial charge in [-0.15, -0.1) is 0 Å². The van der Waals surface area contributed by atoms with Gasteiger partial charge in [-0.2, -0.15) is 0 Å². The van der Waals surface area contributed by atoms with Crippen molar-refractivity contribution in [1.29, 1.82) is 0 Å². The largest absolute Gasteiger partial charge is 0.477 e. The number of benzene rings is 1. The van der Waals surface area contributed by atoms with E-state index in [0.29, 0.717) is 5.69 Å². The summed E-state index contributed by atoms with van der Waals surface area (Å²) in [5.74, 6) is -0.887. The second kappa shape index (κ2) is 4.23. The number of nitrogens with zero attached hydrogens (tertiary/aromatic N) is 1. The molecule has 0 atom stereocenters. The van der Waals surface area contributed by atoms with Crippen LogP contribution >= 0.6 is 0 Å². The van der Waals surface area contributed by atoms with Crippen LogP contribution in [0.5, 0.6) is 0 Å². The van der Waals surface area contributed by atoms with E-state index in [1.54, 1.807) is 17.7 Å². The maximum atomic E-state index is 10.9. The molecule has 1 aromatic heterocycles. The van der Waals surface area contributed by atoms with E-state index < -0.39 is 5.97 Å². The molecule has 0 aliphatic rings. The summed E-state index contributed by atoms with van der Waals surface area (Å²) in [5.41, 5.74) is 2.51. The summed E-state index contributed by atoms with van der Waals surface area (Å²) < 4.78 is 1.72. The molecule has 0 aliphatic carbocycles. The molecule has 0 fully saturated rings. The molecule has 0 aliphatic heterocycles. The van der Waals surface area contributed by atoms with Crippen molar-refractivity contribution in [2.45, 2.75) is 6.42 Å². The molecule has 0 amide bonds. The van der Waals surface area contributed by atoms with Crippen LogP contribution in [0.25, 0.3) is 0 Å². The van der Waals surface area contributed by atoms with Gasteiger partial charge in [-0.25, -0.2) is 4.79 Å². The number of aromatic carboxylic acids is 1. The fourth-order valence-corrected chi connectivity index (χ4v) is 1.75. The first-order chi connectivity index (χ1) is 7.68. The molecule has 3 nitrogen and oxygen atoms in total. The molecule has 2 aromatic rings. The summed E-state index contributed by atoms with van der Waals surface area (Å²) in [4.78, 5) is 10.9. The fraction of sp³-hybridized carbons (Fsp3) is 0.154. The lowest BCUT2D eigenvalue weighted by Gasteiger charge is -2.05. The van der Waals surface area contributed by atoms with Crippen LogP contribution in [0.15, 0.2) is 42.5 Å². The van der Waals surface area contributed by atoms with Crippen molar-refractivity contribution in [1.82, 2.24) is 4.57 Å². The number of hydrogen-bond donors (Lipinski definition) is 1. The average Bonchev–Trinajstić information content (AvgIpc) is 2.62. The van der Waals surface area contributed by atoms with E-state index in [-0.39, 0.29) is 0 Å². The van der Waals surface area contributed by atoms with Crippen molar-refractivity contribution in [2.75, 3.05) is 0 Å². The zero-order chi connectivity index (χ0) is 11.5. The van der Waals surface area contributed by atoms with Crippen LogP contribution in [-0.4, -0.2) is 15.6 Å². The molecule has 3 heteroatoms. The van der Waals surface area contributed by atoms with Gasteiger partial charge in [0.1, 0.15) is 5.69 Å². The molecule has 0 spiro atoms. The lowest BCUT2D eigenvalue weighted by atomic mass is 10.1. The molecule has 0 saturated carbocycles. The van der Waals surface area contributed by atoms with E-state index in [2.05, 4.69) is 0 Å². The Bertz CT molecular complexity index is 500. The third-order valence-electron chi connectivity index (χ3n) is 2.67. The number of hydrogen-bond acceptors (Lipinski definition) is 1. The van der Waals surface area contributed by atoms with Crippen LogP contribution in [0.4, 0.5) is 0 Å². The minimum absolute atomic E-state index is 0.325. The third kappa shape index (κ3) is 1.98. The van der Waals surface area contributed by atoms with E-state index in [0.717, 1.165) is 12.1 Å². The van der Waals surface area contributed by atoms with Crippen molar-refractivity contribution in [2.24, 2.45) is 7.05 Å². The van der Waals surface area contributed by atoms with E-state index in [1.165, 1.54) is 5.56 Å². The highest BCUT2D eigenvalue weighted by atomic mass is 16.4. The molecular weight excluding hydrogens is 202 g/mol. The minimum atomic E-state index is -0.887. The van der Waals surface area contributed by atoms with E-state index in [1.807, 2.05) is 36.4 Å². The molecule has 16 heavy (non-hydrogen) atoms. The highest BCUT2D eigenvalue weighted by molar-refractivity contribution is 5.86. The summed E-state index contributed by atoms with van der Waals surface area (Å²) >= 11 is 0. The predicted octanol–water partition coefficient (Wildman–Crippen LogP) is 2.31. The molecule has 0 saturated heterocycles. The topological polar surface area (TPSA) is 42.2 Å². The summed E-state index contributed by atoms with van der Waals surface area (Å²) in [6.07, 6.45) is 0.755. The van der Waals surface area contributed by atoms with Crippen LogP contribution in [0.3, 0.4) is 0 Å². The van der Waals surface area contributed by atoms with Crippen molar-refractivity contribution in [3.8, 4) is 0 Å². The van der Waals surface area contributed by atoms with Gasteiger partial charge in [-0.3, -0.25) is 0 Å². The lowest BCUT2D eigenvalue weighted by Crippen LogP contribution is -2.07. The molecule has 1 N–H and O–H groups in total. The summed E-state index contributed by atoms with van der Waals surface area (Å²) in [7, 11) is 1.78. The molecule has 0 unspecified atom stereocenters. The standard InChI is InChI=1S/C13H13NO2/c1-14-11(7-8-12(14)13(15)16)9-10-5-3-2-4-6-10/h2-8H,9H2,1H3,(H,15,16). The molecule has 1 heterocycles. The van der Waals surface area contributed by atoms with Crippen molar-refractivity contribution >= 4 is 5.97 Å².